The summed E-state index contributed by atoms with van der Waals surface area (Å²) >= 11 is 0. The average molecular weight is 448 g/mol. The van der Waals surface area contributed by atoms with E-state index in [0.717, 1.165) is 16.8 Å². The second-order valence-corrected chi connectivity index (χ2v) is 7.50. The first-order valence-corrected chi connectivity index (χ1v) is 10.4. The molecule has 170 valence electrons. The summed E-state index contributed by atoms with van der Waals surface area (Å²) in [5, 5.41) is 5.86. The summed E-state index contributed by atoms with van der Waals surface area (Å²) in [5.41, 5.74) is 2.92. The zero-order valence-electron chi connectivity index (χ0n) is 18.6. The van der Waals surface area contributed by atoms with E-state index in [1.807, 2.05) is 31.2 Å². The summed E-state index contributed by atoms with van der Waals surface area (Å²) in [6.07, 6.45) is 2.03. The molecule has 2 heterocycles. The first kappa shape index (κ1) is 22.1. The predicted octanol–water partition coefficient (Wildman–Crippen LogP) is 4.14. The number of nitrogens with zero attached hydrogens (tertiary/aromatic N) is 2. The van der Waals surface area contributed by atoms with Crippen molar-refractivity contribution in [1.29, 1.82) is 0 Å². The van der Waals surface area contributed by atoms with Gasteiger partial charge in [-0.05, 0) is 36.8 Å². The van der Waals surface area contributed by atoms with E-state index in [1.54, 1.807) is 36.6 Å². The third-order valence-corrected chi connectivity index (χ3v) is 5.38. The Labute approximate surface area is 191 Å². The van der Waals surface area contributed by atoms with Crippen LogP contribution in [0.1, 0.15) is 39.7 Å². The SMILES string of the molecule is COc1cccc(OC)c1C(=O)OCC(=O)N1N=C(c2ccc(C)cc2)CC1c1ccco1. The summed E-state index contributed by atoms with van der Waals surface area (Å²) < 4.78 is 21.4. The molecule has 0 bridgehead atoms. The minimum Gasteiger partial charge on any atom is -0.496 e. The van der Waals surface area contributed by atoms with Crippen molar-refractivity contribution >= 4 is 17.6 Å². The lowest BCUT2D eigenvalue weighted by molar-refractivity contribution is -0.136. The van der Waals surface area contributed by atoms with E-state index < -0.39 is 24.5 Å². The lowest BCUT2D eigenvalue weighted by Gasteiger charge is -2.20. The summed E-state index contributed by atoms with van der Waals surface area (Å²) in [6, 6.07) is 16.0. The number of hydrazone groups is 1. The normalized spacial score (nSPS) is 15.2. The molecule has 0 saturated heterocycles. The van der Waals surface area contributed by atoms with E-state index in [-0.39, 0.29) is 5.56 Å². The second kappa shape index (κ2) is 9.60. The number of esters is 1. The molecule has 0 spiro atoms. The van der Waals surface area contributed by atoms with Crippen LogP contribution in [0.3, 0.4) is 0 Å². The Balaban J connectivity index is 1.54. The van der Waals surface area contributed by atoms with Crippen molar-refractivity contribution in [2.45, 2.75) is 19.4 Å². The predicted molar refractivity (Wildman–Crippen MR) is 120 cm³/mol. The molecule has 8 heteroatoms. The van der Waals surface area contributed by atoms with Gasteiger partial charge in [0.15, 0.2) is 6.61 Å². The van der Waals surface area contributed by atoms with Gasteiger partial charge in [-0.15, -0.1) is 0 Å². The van der Waals surface area contributed by atoms with Gasteiger partial charge in [0, 0.05) is 6.42 Å². The van der Waals surface area contributed by atoms with Crippen molar-refractivity contribution < 1.29 is 28.2 Å². The Morgan fingerprint density at radius 2 is 1.73 bits per heavy atom. The topological polar surface area (TPSA) is 90.6 Å². The fourth-order valence-corrected chi connectivity index (χ4v) is 3.68. The van der Waals surface area contributed by atoms with Gasteiger partial charge in [-0.3, -0.25) is 4.79 Å². The highest BCUT2D eigenvalue weighted by Crippen LogP contribution is 2.33. The molecular weight excluding hydrogens is 424 g/mol. The van der Waals surface area contributed by atoms with E-state index in [4.69, 9.17) is 18.6 Å². The number of ether oxygens (including phenoxy) is 3. The number of aryl methyl sites for hydroxylation is 1. The molecule has 2 aromatic carbocycles. The van der Waals surface area contributed by atoms with Crippen molar-refractivity contribution in [1.82, 2.24) is 5.01 Å². The molecule has 33 heavy (non-hydrogen) atoms. The van der Waals surface area contributed by atoms with E-state index in [2.05, 4.69) is 5.10 Å². The number of carbonyl (C=O) groups is 2. The number of furan rings is 1. The molecule has 0 fully saturated rings. The standard InChI is InChI=1S/C25H24N2O6/c1-16-9-11-17(12-10-16)18-14-19(20-8-5-13-32-20)27(26-18)23(28)15-33-25(29)24-21(30-2)6-4-7-22(24)31-3/h4-13,19H,14-15H2,1-3H3. The van der Waals surface area contributed by atoms with Gasteiger partial charge in [0.05, 0.1) is 26.2 Å². The molecule has 1 amide bonds. The molecule has 3 aromatic rings. The number of hydrogen-bond acceptors (Lipinski definition) is 7. The highest BCUT2D eigenvalue weighted by atomic mass is 16.5. The Kier molecular flexibility index (Phi) is 6.44. The Bertz CT molecular complexity index is 1150. The van der Waals surface area contributed by atoms with Crippen LogP contribution in [0.25, 0.3) is 0 Å². The molecule has 0 N–H and O–H groups in total. The fourth-order valence-electron chi connectivity index (χ4n) is 3.68. The Morgan fingerprint density at radius 1 is 1.03 bits per heavy atom. The van der Waals surface area contributed by atoms with Crippen LogP contribution in [0.5, 0.6) is 11.5 Å². The van der Waals surface area contributed by atoms with Crippen LogP contribution in [-0.2, 0) is 9.53 Å². The minimum absolute atomic E-state index is 0.114. The maximum atomic E-state index is 13.1. The monoisotopic (exact) mass is 448 g/mol. The molecule has 1 aromatic heterocycles. The number of benzene rings is 2. The minimum atomic E-state index is -0.728. The van der Waals surface area contributed by atoms with Crippen molar-refractivity contribution in [3.8, 4) is 11.5 Å². The first-order chi connectivity index (χ1) is 16.0. The third kappa shape index (κ3) is 4.59. The van der Waals surface area contributed by atoms with Crippen LogP contribution in [0.15, 0.2) is 70.4 Å². The quantitative estimate of drug-likeness (QED) is 0.505. The van der Waals surface area contributed by atoms with Crippen LogP contribution in [-0.4, -0.2) is 43.4 Å². The van der Waals surface area contributed by atoms with Crippen LogP contribution in [0.2, 0.25) is 0 Å². The van der Waals surface area contributed by atoms with Gasteiger partial charge in [0.1, 0.15) is 28.9 Å². The van der Waals surface area contributed by atoms with Crippen molar-refractivity contribution in [3.63, 3.8) is 0 Å². The van der Waals surface area contributed by atoms with Crippen molar-refractivity contribution in [3.05, 3.63) is 83.3 Å². The molecule has 0 aliphatic carbocycles. The second-order valence-electron chi connectivity index (χ2n) is 7.50. The van der Waals surface area contributed by atoms with Crippen LogP contribution < -0.4 is 9.47 Å². The van der Waals surface area contributed by atoms with Crippen molar-refractivity contribution in [2.24, 2.45) is 5.10 Å². The number of hydrogen-bond donors (Lipinski definition) is 0. The number of rotatable bonds is 7. The summed E-state index contributed by atoms with van der Waals surface area (Å²) in [5.74, 6) is -0.0102. The molecule has 1 unspecified atom stereocenters. The molecule has 0 saturated carbocycles. The van der Waals surface area contributed by atoms with Crippen LogP contribution >= 0.6 is 0 Å². The molecule has 1 atom stereocenters. The first-order valence-electron chi connectivity index (χ1n) is 10.4. The van der Waals surface area contributed by atoms with Gasteiger partial charge in [-0.25, -0.2) is 9.80 Å². The van der Waals surface area contributed by atoms with Gasteiger partial charge >= 0.3 is 5.97 Å². The van der Waals surface area contributed by atoms with Gasteiger partial charge in [-0.2, -0.15) is 5.10 Å². The Morgan fingerprint density at radius 3 is 2.33 bits per heavy atom. The molecule has 8 nitrogen and oxygen atoms in total. The lowest BCUT2D eigenvalue weighted by Crippen LogP contribution is -2.31. The summed E-state index contributed by atoms with van der Waals surface area (Å²) in [6.45, 7) is 1.51. The number of amides is 1. The molecule has 4 rings (SSSR count). The van der Waals surface area contributed by atoms with Crippen LogP contribution in [0.4, 0.5) is 0 Å². The van der Waals surface area contributed by atoms with E-state index >= 15 is 0 Å². The lowest BCUT2D eigenvalue weighted by atomic mass is 10.0. The zero-order valence-corrected chi connectivity index (χ0v) is 18.6. The maximum Gasteiger partial charge on any atom is 0.346 e. The maximum absolute atomic E-state index is 13.1. The van der Waals surface area contributed by atoms with Gasteiger partial charge in [0.25, 0.3) is 5.91 Å². The summed E-state index contributed by atoms with van der Waals surface area (Å²) in [7, 11) is 2.88. The van der Waals surface area contributed by atoms with E-state index in [9.17, 15) is 9.59 Å². The van der Waals surface area contributed by atoms with E-state index in [0.29, 0.717) is 23.7 Å². The largest absolute Gasteiger partial charge is 0.496 e. The highest BCUT2D eigenvalue weighted by Gasteiger charge is 2.35. The number of carbonyl (C=O) groups excluding carboxylic acids is 2. The van der Waals surface area contributed by atoms with E-state index in [1.165, 1.54) is 19.2 Å². The highest BCUT2D eigenvalue weighted by molar-refractivity contribution is 6.03. The zero-order chi connectivity index (χ0) is 23.4. The molecular formula is C25H24N2O6. The number of methoxy groups -OCH3 is 2. The molecule has 1 aliphatic rings. The smallest absolute Gasteiger partial charge is 0.346 e. The molecule has 1 aliphatic heterocycles. The average Bonchev–Trinajstić information content (AvgIpc) is 3.52. The third-order valence-electron chi connectivity index (χ3n) is 5.38. The molecule has 0 radical (unpaired) electrons. The van der Waals surface area contributed by atoms with Gasteiger partial charge in [0.2, 0.25) is 0 Å². The van der Waals surface area contributed by atoms with Crippen LogP contribution in [0, 0.1) is 6.92 Å². The van der Waals surface area contributed by atoms with Gasteiger partial charge < -0.3 is 18.6 Å². The summed E-state index contributed by atoms with van der Waals surface area (Å²) in [4.78, 5) is 25.8. The Hall–Kier alpha value is -4.07. The van der Waals surface area contributed by atoms with Gasteiger partial charge in [-0.1, -0.05) is 35.9 Å². The van der Waals surface area contributed by atoms with Crippen molar-refractivity contribution in [2.75, 3.05) is 20.8 Å². The fraction of sp³-hybridized carbons (Fsp3) is 0.240.